The molecule has 1 fully saturated rings. The molecule has 0 aromatic heterocycles. The number of nitrogens with one attached hydrogen (secondary N) is 1. The predicted molar refractivity (Wildman–Crippen MR) is 70.7 cm³/mol. The van der Waals surface area contributed by atoms with E-state index in [0.717, 1.165) is 16.5 Å². The lowest BCUT2D eigenvalue weighted by molar-refractivity contribution is 0.398. The van der Waals surface area contributed by atoms with Crippen molar-refractivity contribution in [3.8, 4) is 0 Å². The van der Waals surface area contributed by atoms with Crippen LogP contribution in [0.25, 0.3) is 0 Å². The molecule has 4 heteroatoms. The Kier molecular flexibility index (Phi) is 4.54. The fourth-order valence-electron chi connectivity index (χ4n) is 2.65. The van der Waals surface area contributed by atoms with Gasteiger partial charge < -0.3 is 0 Å². The molecule has 3 N–H and O–H groups in total. The molecule has 0 bridgehead atoms. The molecule has 1 saturated carbocycles. The SMILES string of the molecule is NNC(CC1CCCC1)c1cc(F)ccc1Br. The van der Waals surface area contributed by atoms with E-state index in [9.17, 15) is 4.39 Å². The zero-order valence-corrected chi connectivity index (χ0v) is 11.3. The summed E-state index contributed by atoms with van der Waals surface area (Å²) in [4.78, 5) is 0. The molecular formula is C13H18BrFN2. The molecule has 1 atom stereocenters. The largest absolute Gasteiger partial charge is 0.271 e. The molecule has 0 spiro atoms. The molecule has 1 aromatic rings. The van der Waals surface area contributed by atoms with Crippen molar-refractivity contribution >= 4 is 15.9 Å². The zero-order chi connectivity index (χ0) is 12.3. The Labute approximate surface area is 110 Å². The van der Waals surface area contributed by atoms with Crippen LogP contribution in [0, 0.1) is 11.7 Å². The summed E-state index contributed by atoms with van der Waals surface area (Å²) in [5.41, 5.74) is 3.73. The molecule has 1 aliphatic carbocycles. The number of rotatable bonds is 4. The minimum atomic E-state index is -0.213. The van der Waals surface area contributed by atoms with Crippen molar-refractivity contribution in [3.05, 3.63) is 34.1 Å². The van der Waals surface area contributed by atoms with Gasteiger partial charge in [0.05, 0.1) is 0 Å². The first kappa shape index (κ1) is 13.0. The Morgan fingerprint density at radius 1 is 1.41 bits per heavy atom. The van der Waals surface area contributed by atoms with Crippen molar-refractivity contribution < 1.29 is 4.39 Å². The topological polar surface area (TPSA) is 38.0 Å². The van der Waals surface area contributed by atoms with Gasteiger partial charge >= 0.3 is 0 Å². The Bertz CT molecular complexity index is 378. The van der Waals surface area contributed by atoms with Gasteiger partial charge in [-0.05, 0) is 36.1 Å². The van der Waals surface area contributed by atoms with Gasteiger partial charge in [-0.1, -0.05) is 41.6 Å². The molecule has 1 unspecified atom stereocenters. The number of hydrogen-bond donors (Lipinski definition) is 2. The van der Waals surface area contributed by atoms with Gasteiger partial charge in [-0.25, -0.2) is 4.39 Å². The van der Waals surface area contributed by atoms with Gasteiger partial charge in [-0.2, -0.15) is 0 Å². The first-order chi connectivity index (χ1) is 8.20. The van der Waals surface area contributed by atoms with Crippen LogP contribution in [0.1, 0.15) is 43.7 Å². The minimum Gasteiger partial charge on any atom is -0.271 e. The van der Waals surface area contributed by atoms with Crippen LogP contribution in [0.4, 0.5) is 4.39 Å². The number of hydrazine groups is 1. The van der Waals surface area contributed by atoms with E-state index in [1.165, 1.54) is 31.7 Å². The fourth-order valence-corrected chi connectivity index (χ4v) is 3.17. The molecule has 17 heavy (non-hydrogen) atoms. The van der Waals surface area contributed by atoms with Gasteiger partial charge in [0.2, 0.25) is 0 Å². The lowest BCUT2D eigenvalue weighted by Crippen LogP contribution is -2.29. The maximum Gasteiger partial charge on any atom is 0.123 e. The minimum absolute atomic E-state index is 0.0307. The standard InChI is InChI=1S/C13H18BrFN2/c14-12-6-5-10(15)8-11(12)13(17-16)7-9-3-1-2-4-9/h5-6,8-9,13,17H,1-4,7,16H2. The molecular weight excluding hydrogens is 283 g/mol. The molecule has 2 rings (SSSR count). The summed E-state index contributed by atoms with van der Waals surface area (Å²) < 4.78 is 14.2. The molecule has 0 heterocycles. The Balaban J connectivity index is 2.13. The van der Waals surface area contributed by atoms with E-state index in [0.29, 0.717) is 5.92 Å². The third-order valence-corrected chi connectivity index (χ3v) is 4.30. The Morgan fingerprint density at radius 3 is 2.76 bits per heavy atom. The first-order valence-corrected chi connectivity index (χ1v) is 6.91. The smallest absolute Gasteiger partial charge is 0.123 e. The van der Waals surface area contributed by atoms with E-state index < -0.39 is 0 Å². The number of benzene rings is 1. The second-order valence-electron chi connectivity index (χ2n) is 4.77. The van der Waals surface area contributed by atoms with Crippen LogP contribution >= 0.6 is 15.9 Å². The summed E-state index contributed by atoms with van der Waals surface area (Å²) in [6.07, 6.45) is 6.15. The van der Waals surface area contributed by atoms with Gasteiger partial charge in [0, 0.05) is 10.5 Å². The van der Waals surface area contributed by atoms with Gasteiger partial charge in [-0.15, -0.1) is 0 Å². The van der Waals surface area contributed by atoms with E-state index >= 15 is 0 Å². The molecule has 0 radical (unpaired) electrons. The predicted octanol–water partition coefficient (Wildman–Crippen LogP) is 3.67. The lowest BCUT2D eigenvalue weighted by atomic mass is 9.94. The van der Waals surface area contributed by atoms with E-state index in [1.54, 1.807) is 12.1 Å². The van der Waals surface area contributed by atoms with E-state index in [4.69, 9.17) is 5.84 Å². The highest BCUT2D eigenvalue weighted by atomic mass is 79.9. The Hall–Kier alpha value is -0.450. The molecule has 0 amide bonds. The molecule has 2 nitrogen and oxygen atoms in total. The highest BCUT2D eigenvalue weighted by molar-refractivity contribution is 9.10. The molecule has 94 valence electrons. The third kappa shape index (κ3) is 3.27. The van der Waals surface area contributed by atoms with Crippen molar-refractivity contribution in [3.63, 3.8) is 0 Å². The van der Waals surface area contributed by atoms with Gasteiger partial charge in [-0.3, -0.25) is 11.3 Å². The van der Waals surface area contributed by atoms with Crippen molar-refractivity contribution in [2.45, 2.75) is 38.1 Å². The van der Waals surface area contributed by atoms with Crippen molar-refractivity contribution in [2.24, 2.45) is 11.8 Å². The fraction of sp³-hybridized carbons (Fsp3) is 0.538. The summed E-state index contributed by atoms with van der Waals surface area (Å²) in [6, 6.07) is 4.78. The normalized spacial score (nSPS) is 18.5. The number of halogens is 2. The van der Waals surface area contributed by atoms with E-state index in [-0.39, 0.29) is 11.9 Å². The molecule has 0 saturated heterocycles. The average molecular weight is 301 g/mol. The summed E-state index contributed by atoms with van der Waals surface area (Å²) in [7, 11) is 0. The monoisotopic (exact) mass is 300 g/mol. The van der Waals surface area contributed by atoms with Crippen LogP contribution in [0.5, 0.6) is 0 Å². The lowest BCUT2D eigenvalue weighted by Gasteiger charge is -2.21. The zero-order valence-electron chi connectivity index (χ0n) is 9.76. The third-order valence-electron chi connectivity index (χ3n) is 3.58. The average Bonchev–Trinajstić information content (AvgIpc) is 2.82. The summed E-state index contributed by atoms with van der Waals surface area (Å²) in [5.74, 6) is 6.11. The maximum atomic E-state index is 13.3. The first-order valence-electron chi connectivity index (χ1n) is 6.12. The maximum absolute atomic E-state index is 13.3. The van der Waals surface area contributed by atoms with Gasteiger partial charge in [0.15, 0.2) is 0 Å². The van der Waals surface area contributed by atoms with Crippen molar-refractivity contribution in [1.82, 2.24) is 5.43 Å². The van der Waals surface area contributed by atoms with Gasteiger partial charge in [0.1, 0.15) is 5.82 Å². The summed E-state index contributed by atoms with van der Waals surface area (Å²) in [6.45, 7) is 0. The van der Waals surface area contributed by atoms with Crippen LogP contribution in [0.15, 0.2) is 22.7 Å². The Morgan fingerprint density at radius 2 is 2.12 bits per heavy atom. The molecule has 1 aliphatic rings. The van der Waals surface area contributed by atoms with Crippen LogP contribution in [-0.4, -0.2) is 0 Å². The number of hydrogen-bond acceptors (Lipinski definition) is 2. The molecule has 0 aliphatic heterocycles. The highest BCUT2D eigenvalue weighted by Gasteiger charge is 2.22. The van der Waals surface area contributed by atoms with Crippen LogP contribution in [0.3, 0.4) is 0 Å². The van der Waals surface area contributed by atoms with Crippen molar-refractivity contribution in [2.75, 3.05) is 0 Å². The molecule has 1 aromatic carbocycles. The quantitative estimate of drug-likeness (QED) is 0.658. The van der Waals surface area contributed by atoms with Gasteiger partial charge in [0.25, 0.3) is 0 Å². The summed E-state index contributed by atoms with van der Waals surface area (Å²) >= 11 is 3.46. The van der Waals surface area contributed by atoms with Crippen LogP contribution in [0.2, 0.25) is 0 Å². The van der Waals surface area contributed by atoms with E-state index in [2.05, 4.69) is 21.4 Å². The number of nitrogens with two attached hydrogens (primary N) is 1. The van der Waals surface area contributed by atoms with Crippen LogP contribution in [-0.2, 0) is 0 Å². The van der Waals surface area contributed by atoms with E-state index in [1.807, 2.05) is 0 Å². The second kappa shape index (κ2) is 5.94. The van der Waals surface area contributed by atoms with Crippen molar-refractivity contribution in [1.29, 1.82) is 0 Å². The summed E-state index contributed by atoms with van der Waals surface area (Å²) in [5, 5.41) is 0. The second-order valence-corrected chi connectivity index (χ2v) is 5.63. The highest BCUT2D eigenvalue weighted by Crippen LogP contribution is 2.35. The van der Waals surface area contributed by atoms with Crippen LogP contribution < -0.4 is 11.3 Å².